The number of carbonyl (C=O) groups excluding carboxylic acids is 1. The quantitative estimate of drug-likeness (QED) is 0.890. The monoisotopic (exact) mass is 294 g/mol. The second-order valence-corrected chi connectivity index (χ2v) is 6.38. The fourth-order valence-corrected chi connectivity index (χ4v) is 3.73. The molecule has 6 heteroatoms. The molecule has 0 spiro atoms. The Morgan fingerprint density at radius 3 is 2.85 bits per heavy atom. The first kappa shape index (κ1) is 13.8. The highest BCUT2D eigenvalue weighted by Crippen LogP contribution is 2.21. The fourth-order valence-electron chi connectivity index (χ4n) is 3.03. The Kier molecular flexibility index (Phi) is 4.52. The normalized spacial score (nSPS) is 21.8. The molecular weight excluding hydrogens is 272 g/mol. The van der Waals surface area contributed by atoms with E-state index < -0.39 is 0 Å². The Hall–Kier alpha value is -1.14. The number of hydrogen-bond donors (Lipinski definition) is 1. The summed E-state index contributed by atoms with van der Waals surface area (Å²) in [6.07, 6.45) is 4.87. The van der Waals surface area contributed by atoms with Crippen molar-refractivity contribution in [3.05, 3.63) is 11.6 Å². The van der Waals surface area contributed by atoms with Gasteiger partial charge < -0.3 is 15.1 Å². The number of carbonyl (C=O) groups is 1. The molecule has 0 aromatic carbocycles. The van der Waals surface area contributed by atoms with Crippen LogP contribution < -0.4 is 10.2 Å². The lowest BCUT2D eigenvalue weighted by Gasteiger charge is -2.28. The summed E-state index contributed by atoms with van der Waals surface area (Å²) in [5, 5.41) is 6.42. The van der Waals surface area contributed by atoms with Gasteiger partial charge in [-0.1, -0.05) is 0 Å². The van der Waals surface area contributed by atoms with Gasteiger partial charge in [-0.15, -0.1) is 11.3 Å². The van der Waals surface area contributed by atoms with E-state index in [0.717, 1.165) is 63.7 Å². The van der Waals surface area contributed by atoms with Crippen LogP contribution in [-0.2, 0) is 4.79 Å². The van der Waals surface area contributed by atoms with E-state index in [-0.39, 0.29) is 5.92 Å². The van der Waals surface area contributed by atoms with Crippen molar-refractivity contribution in [3.63, 3.8) is 0 Å². The van der Waals surface area contributed by atoms with Crippen molar-refractivity contribution in [1.29, 1.82) is 0 Å². The van der Waals surface area contributed by atoms with Crippen LogP contribution in [0, 0.1) is 5.92 Å². The number of nitrogens with zero attached hydrogens (tertiary/aromatic N) is 3. The highest BCUT2D eigenvalue weighted by Gasteiger charge is 2.27. The van der Waals surface area contributed by atoms with Gasteiger partial charge in [-0.05, 0) is 32.4 Å². The van der Waals surface area contributed by atoms with Gasteiger partial charge in [0.2, 0.25) is 5.91 Å². The number of rotatable bonds is 2. The van der Waals surface area contributed by atoms with Gasteiger partial charge in [0, 0.05) is 43.7 Å². The van der Waals surface area contributed by atoms with Crippen LogP contribution in [0.2, 0.25) is 0 Å². The van der Waals surface area contributed by atoms with Gasteiger partial charge in [-0.2, -0.15) is 0 Å². The minimum absolute atomic E-state index is 0.239. The van der Waals surface area contributed by atoms with Gasteiger partial charge >= 0.3 is 0 Å². The van der Waals surface area contributed by atoms with Gasteiger partial charge in [0.15, 0.2) is 5.13 Å². The summed E-state index contributed by atoms with van der Waals surface area (Å²) in [6.45, 7) is 5.60. The number of anilines is 1. The van der Waals surface area contributed by atoms with Gasteiger partial charge in [0.25, 0.3) is 0 Å². The summed E-state index contributed by atoms with van der Waals surface area (Å²) in [5.41, 5.74) is 0. The highest BCUT2D eigenvalue weighted by atomic mass is 32.1. The molecule has 20 heavy (non-hydrogen) atoms. The zero-order valence-electron chi connectivity index (χ0n) is 11.8. The molecule has 2 saturated heterocycles. The van der Waals surface area contributed by atoms with Gasteiger partial charge in [0.05, 0.1) is 0 Å². The average molecular weight is 294 g/mol. The topological polar surface area (TPSA) is 48.5 Å². The first-order valence-corrected chi connectivity index (χ1v) is 8.36. The molecule has 0 radical (unpaired) electrons. The molecule has 1 N–H and O–H groups in total. The molecule has 1 amide bonds. The lowest BCUT2D eigenvalue weighted by molar-refractivity contribution is -0.136. The van der Waals surface area contributed by atoms with E-state index in [9.17, 15) is 4.79 Å². The van der Waals surface area contributed by atoms with Crippen molar-refractivity contribution in [2.24, 2.45) is 5.92 Å². The lowest BCUT2D eigenvalue weighted by atomic mass is 9.96. The van der Waals surface area contributed by atoms with Crippen LogP contribution in [0.15, 0.2) is 11.6 Å². The molecule has 0 atom stereocenters. The first-order valence-electron chi connectivity index (χ1n) is 7.48. The number of aromatic nitrogens is 1. The molecule has 2 fully saturated rings. The molecule has 1 aromatic rings. The molecule has 3 heterocycles. The summed E-state index contributed by atoms with van der Waals surface area (Å²) in [7, 11) is 0. The molecule has 0 unspecified atom stereocenters. The molecule has 2 aliphatic heterocycles. The third-order valence-corrected chi connectivity index (χ3v) is 5.02. The molecule has 0 bridgehead atoms. The Labute approximate surface area is 124 Å². The highest BCUT2D eigenvalue weighted by molar-refractivity contribution is 7.13. The summed E-state index contributed by atoms with van der Waals surface area (Å²) >= 11 is 1.68. The van der Waals surface area contributed by atoms with E-state index in [1.807, 2.05) is 11.6 Å². The van der Waals surface area contributed by atoms with Crippen LogP contribution in [0.25, 0.3) is 0 Å². The predicted octanol–water partition coefficient (Wildman–Crippen LogP) is 1.18. The van der Waals surface area contributed by atoms with Crippen LogP contribution in [-0.4, -0.2) is 55.1 Å². The summed E-state index contributed by atoms with van der Waals surface area (Å²) in [6, 6.07) is 0. The van der Waals surface area contributed by atoms with E-state index in [4.69, 9.17) is 0 Å². The number of piperidine rings is 1. The third-order valence-electron chi connectivity index (χ3n) is 4.19. The van der Waals surface area contributed by atoms with Crippen LogP contribution in [0.4, 0.5) is 5.13 Å². The maximum Gasteiger partial charge on any atom is 0.225 e. The van der Waals surface area contributed by atoms with Gasteiger partial charge in [0.1, 0.15) is 0 Å². The average Bonchev–Trinajstić information content (AvgIpc) is 2.92. The predicted molar refractivity (Wildman–Crippen MR) is 81.1 cm³/mol. The maximum absolute atomic E-state index is 12.6. The van der Waals surface area contributed by atoms with Crippen LogP contribution >= 0.6 is 11.3 Å². The summed E-state index contributed by atoms with van der Waals surface area (Å²) < 4.78 is 0. The van der Waals surface area contributed by atoms with Crippen LogP contribution in [0.1, 0.15) is 19.3 Å². The molecule has 0 saturated carbocycles. The number of thiazole rings is 1. The van der Waals surface area contributed by atoms with Crippen molar-refractivity contribution in [2.45, 2.75) is 19.3 Å². The Balaban J connectivity index is 1.57. The maximum atomic E-state index is 12.6. The van der Waals surface area contributed by atoms with Gasteiger partial charge in [-0.25, -0.2) is 4.98 Å². The SMILES string of the molecule is O=C(C1CCNCC1)N1CCCN(c2nccs2)CC1. The first-order chi connectivity index (χ1) is 9.84. The second kappa shape index (κ2) is 6.54. The standard InChI is InChI=1S/C14H22N4OS/c19-13(12-2-4-15-5-3-12)17-7-1-8-18(10-9-17)14-16-6-11-20-14/h6,11-12,15H,1-5,7-10H2. The Morgan fingerprint density at radius 2 is 2.10 bits per heavy atom. The molecule has 1 aromatic heterocycles. The minimum atomic E-state index is 0.239. The van der Waals surface area contributed by atoms with Crippen molar-refractivity contribution < 1.29 is 4.79 Å². The molecule has 2 aliphatic rings. The van der Waals surface area contributed by atoms with Crippen molar-refractivity contribution in [3.8, 4) is 0 Å². The van der Waals surface area contributed by atoms with Crippen molar-refractivity contribution in [2.75, 3.05) is 44.2 Å². The van der Waals surface area contributed by atoms with Crippen molar-refractivity contribution in [1.82, 2.24) is 15.2 Å². The van der Waals surface area contributed by atoms with E-state index in [2.05, 4.69) is 20.1 Å². The molecule has 3 rings (SSSR count). The van der Waals surface area contributed by atoms with E-state index in [1.54, 1.807) is 11.3 Å². The lowest BCUT2D eigenvalue weighted by Crippen LogP contribution is -2.42. The van der Waals surface area contributed by atoms with Gasteiger partial charge in [-0.3, -0.25) is 4.79 Å². The molecule has 110 valence electrons. The van der Waals surface area contributed by atoms with Crippen LogP contribution in [0.5, 0.6) is 0 Å². The zero-order chi connectivity index (χ0) is 13.8. The van der Waals surface area contributed by atoms with E-state index >= 15 is 0 Å². The minimum Gasteiger partial charge on any atom is -0.346 e. The number of amides is 1. The second-order valence-electron chi connectivity index (χ2n) is 5.50. The molecule has 0 aliphatic carbocycles. The number of hydrogen-bond acceptors (Lipinski definition) is 5. The largest absolute Gasteiger partial charge is 0.346 e. The fraction of sp³-hybridized carbons (Fsp3) is 0.714. The summed E-state index contributed by atoms with van der Waals surface area (Å²) in [4.78, 5) is 21.3. The van der Waals surface area contributed by atoms with E-state index in [1.165, 1.54) is 0 Å². The molecule has 5 nitrogen and oxygen atoms in total. The van der Waals surface area contributed by atoms with Crippen molar-refractivity contribution >= 4 is 22.4 Å². The smallest absolute Gasteiger partial charge is 0.225 e. The Morgan fingerprint density at radius 1 is 1.25 bits per heavy atom. The molecular formula is C14H22N4OS. The van der Waals surface area contributed by atoms with Crippen LogP contribution in [0.3, 0.4) is 0 Å². The zero-order valence-corrected chi connectivity index (χ0v) is 12.6. The van der Waals surface area contributed by atoms with E-state index in [0.29, 0.717) is 5.91 Å². The summed E-state index contributed by atoms with van der Waals surface area (Å²) in [5.74, 6) is 0.607. The number of nitrogens with one attached hydrogen (secondary N) is 1. The Bertz CT molecular complexity index is 430. The third kappa shape index (κ3) is 3.12.